The Balaban J connectivity index is 1.35. The van der Waals surface area contributed by atoms with Gasteiger partial charge in [0.2, 0.25) is 0 Å². The Kier molecular flexibility index (Phi) is 4.19. The summed E-state index contributed by atoms with van der Waals surface area (Å²) in [6, 6.07) is 6.45. The summed E-state index contributed by atoms with van der Waals surface area (Å²) < 4.78 is 4.19. The van der Waals surface area contributed by atoms with Crippen molar-refractivity contribution in [2.45, 2.75) is 51.0 Å². The molecule has 0 bridgehead atoms. The number of imidazole rings is 1. The lowest BCUT2D eigenvalue weighted by Gasteiger charge is -2.17. The molecule has 0 N–H and O–H groups in total. The number of pyridine rings is 1. The zero-order chi connectivity index (χ0) is 19.1. The van der Waals surface area contributed by atoms with E-state index in [-0.39, 0.29) is 5.92 Å². The van der Waals surface area contributed by atoms with Gasteiger partial charge < -0.3 is 9.13 Å². The molecule has 1 atom stereocenters. The normalized spacial score (nSPS) is 19.2. The topological polar surface area (TPSA) is 61.4 Å². The van der Waals surface area contributed by atoms with E-state index in [1.807, 2.05) is 12.4 Å². The summed E-state index contributed by atoms with van der Waals surface area (Å²) in [5.41, 5.74) is 4.34. The average Bonchev–Trinajstić information content (AvgIpc) is 3.25. The molecule has 0 saturated heterocycles. The molecule has 3 aromatic heterocycles. The molecule has 2 aliphatic carbocycles. The van der Waals surface area contributed by atoms with Crippen LogP contribution in [0.3, 0.4) is 0 Å². The maximum atomic E-state index is 4.89. The fourth-order valence-corrected chi connectivity index (χ4v) is 3.68. The molecule has 0 amide bonds. The predicted molar refractivity (Wildman–Crippen MR) is 109 cm³/mol. The molecule has 5 rings (SSSR count). The molecule has 2 aliphatic rings. The van der Waals surface area contributed by atoms with E-state index in [4.69, 9.17) is 4.98 Å². The van der Waals surface area contributed by atoms with Crippen LogP contribution in [0, 0.1) is 0 Å². The SMILES string of the molecule is CC(C)n1cnnc1-c1cccc(C2C=CC(n3cnc(C4CC4)c3)=CC2)n1. The van der Waals surface area contributed by atoms with Crippen molar-refractivity contribution in [3.05, 3.63) is 66.7 Å². The number of allylic oxidation sites excluding steroid dienone is 4. The third-order valence-electron chi connectivity index (χ3n) is 5.49. The smallest absolute Gasteiger partial charge is 0.182 e. The van der Waals surface area contributed by atoms with Crippen LogP contribution in [0.5, 0.6) is 0 Å². The van der Waals surface area contributed by atoms with Gasteiger partial charge in [0.25, 0.3) is 0 Å². The van der Waals surface area contributed by atoms with Gasteiger partial charge >= 0.3 is 0 Å². The van der Waals surface area contributed by atoms with Crippen LogP contribution in [-0.4, -0.2) is 29.3 Å². The van der Waals surface area contributed by atoms with Crippen LogP contribution in [-0.2, 0) is 0 Å². The van der Waals surface area contributed by atoms with E-state index < -0.39 is 0 Å². The van der Waals surface area contributed by atoms with E-state index in [9.17, 15) is 0 Å². The van der Waals surface area contributed by atoms with E-state index in [1.54, 1.807) is 6.33 Å². The summed E-state index contributed by atoms with van der Waals surface area (Å²) in [7, 11) is 0. The Morgan fingerprint density at radius 3 is 2.75 bits per heavy atom. The number of hydrogen-bond donors (Lipinski definition) is 0. The second-order valence-electron chi connectivity index (χ2n) is 7.91. The standard InChI is InChI=1S/C22H24N6/c1-15(2)28-14-24-26-22(28)20-5-3-4-19(25-20)16-8-10-18(11-9-16)27-12-21(23-13-27)17-6-7-17/h3-5,8,10-17H,6-7,9H2,1-2H3. The molecular weight excluding hydrogens is 348 g/mol. The maximum absolute atomic E-state index is 4.89. The van der Waals surface area contributed by atoms with Gasteiger partial charge in [-0.3, -0.25) is 0 Å². The molecule has 6 nitrogen and oxygen atoms in total. The number of aromatic nitrogens is 6. The number of rotatable bonds is 5. The first kappa shape index (κ1) is 17.1. The average molecular weight is 372 g/mol. The highest BCUT2D eigenvalue weighted by atomic mass is 15.3. The molecule has 0 radical (unpaired) electrons. The van der Waals surface area contributed by atoms with Gasteiger partial charge in [-0.1, -0.05) is 18.2 Å². The van der Waals surface area contributed by atoms with Crippen molar-refractivity contribution >= 4 is 5.70 Å². The molecule has 0 aliphatic heterocycles. The highest BCUT2D eigenvalue weighted by molar-refractivity contribution is 5.60. The monoisotopic (exact) mass is 372 g/mol. The van der Waals surface area contributed by atoms with Crippen LogP contribution < -0.4 is 0 Å². The molecule has 3 heterocycles. The van der Waals surface area contributed by atoms with Gasteiger partial charge in [-0.25, -0.2) is 9.97 Å². The molecule has 1 unspecified atom stereocenters. The lowest BCUT2D eigenvalue weighted by atomic mass is 9.95. The van der Waals surface area contributed by atoms with Crippen LogP contribution in [0.2, 0.25) is 0 Å². The summed E-state index contributed by atoms with van der Waals surface area (Å²) in [6.45, 7) is 4.25. The van der Waals surface area contributed by atoms with Crippen LogP contribution >= 0.6 is 0 Å². The maximum Gasteiger partial charge on any atom is 0.182 e. The molecule has 6 heteroatoms. The quantitative estimate of drug-likeness (QED) is 0.658. The van der Waals surface area contributed by atoms with Crippen LogP contribution in [0.4, 0.5) is 0 Å². The van der Waals surface area contributed by atoms with Gasteiger partial charge in [-0.05, 0) is 51.3 Å². The Morgan fingerprint density at radius 2 is 2.00 bits per heavy atom. The van der Waals surface area contributed by atoms with Crippen molar-refractivity contribution in [2.75, 3.05) is 0 Å². The summed E-state index contributed by atoms with van der Waals surface area (Å²) in [6.07, 6.45) is 16.0. The minimum absolute atomic E-state index is 0.269. The van der Waals surface area contributed by atoms with Crippen molar-refractivity contribution in [3.8, 4) is 11.5 Å². The summed E-state index contributed by atoms with van der Waals surface area (Å²) in [5, 5.41) is 8.34. The van der Waals surface area contributed by atoms with Gasteiger partial charge in [0.05, 0.1) is 12.0 Å². The van der Waals surface area contributed by atoms with Crippen molar-refractivity contribution in [2.24, 2.45) is 0 Å². The molecule has 1 fully saturated rings. The molecule has 0 spiro atoms. The zero-order valence-electron chi connectivity index (χ0n) is 16.2. The fraction of sp³-hybridized carbons (Fsp3) is 0.364. The van der Waals surface area contributed by atoms with E-state index >= 15 is 0 Å². The molecular formula is C22H24N6. The van der Waals surface area contributed by atoms with Gasteiger partial charge in [0.15, 0.2) is 5.82 Å². The number of hydrogen-bond acceptors (Lipinski definition) is 4. The Morgan fingerprint density at radius 1 is 1.11 bits per heavy atom. The minimum atomic E-state index is 0.269. The molecule has 1 saturated carbocycles. The second-order valence-corrected chi connectivity index (χ2v) is 7.91. The third-order valence-corrected chi connectivity index (χ3v) is 5.49. The van der Waals surface area contributed by atoms with Gasteiger partial charge in [0, 0.05) is 35.5 Å². The highest BCUT2D eigenvalue weighted by Crippen LogP contribution is 2.39. The first-order valence-corrected chi connectivity index (χ1v) is 9.98. The Bertz CT molecular complexity index is 1050. The molecule has 28 heavy (non-hydrogen) atoms. The van der Waals surface area contributed by atoms with Crippen LogP contribution in [0.25, 0.3) is 17.2 Å². The fourth-order valence-electron chi connectivity index (χ4n) is 3.68. The Labute approximate surface area is 164 Å². The number of nitrogens with zero attached hydrogens (tertiary/aromatic N) is 6. The lowest BCUT2D eigenvalue weighted by molar-refractivity contribution is 0.602. The van der Waals surface area contributed by atoms with Gasteiger partial charge in [-0.15, -0.1) is 10.2 Å². The molecule has 142 valence electrons. The van der Waals surface area contributed by atoms with E-state index in [2.05, 4.69) is 74.7 Å². The third kappa shape index (κ3) is 3.19. The van der Waals surface area contributed by atoms with E-state index in [0.717, 1.165) is 23.6 Å². The highest BCUT2D eigenvalue weighted by Gasteiger charge is 2.26. The zero-order valence-corrected chi connectivity index (χ0v) is 16.2. The largest absolute Gasteiger partial charge is 0.310 e. The molecule has 3 aromatic rings. The summed E-state index contributed by atoms with van der Waals surface area (Å²) >= 11 is 0. The van der Waals surface area contributed by atoms with Crippen molar-refractivity contribution in [3.63, 3.8) is 0 Å². The lowest BCUT2D eigenvalue weighted by Crippen LogP contribution is -2.06. The van der Waals surface area contributed by atoms with Crippen LogP contribution in [0.15, 0.2) is 55.3 Å². The Hall–Kier alpha value is -3.02. The van der Waals surface area contributed by atoms with Crippen molar-refractivity contribution < 1.29 is 0 Å². The summed E-state index contributed by atoms with van der Waals surface area (Å²) in [5.74, 6) is 1.77. The first-order chi connectivity index (χ1) is 13.7. The first-order valence-electron chi connectivity index (χ1n) is 9.98. The van der Waals surface area contributed by atoms with E-state index in [0.29, 0.717) is 12.0 Å². The minimum Gasteiger partial charge on any atom is -0.310 e. The van der Waals surface area contributed by atoms with E-state index in [1.165, 1.54) is 24.2 Å². The van der Waals surface area contributed by atoms with Gasteiger partial charge in [0.1, 0.15) is 12.0 Å². The van der Waals surface area contributed by atoms with Gasteiger partial charge in [-0.2, -0.15) is 0 Å². The predicted octanol–water partition coefficient (Wildman–Crippen LogP) is 4.58. The molecule has 0 aromatic carbocycles. The van der Waals surface area contributed by atoms with Crippen molar-refractivity contribution in [1.29, 1.82) is 0 Å². The summed E-state index contributed by atoms with van der Waals surface area (Å²) in [4.78, 5) is 9.45. The second kappa shape index (κ2) is 6.86. The van der Waals surface area contributed by atoms with Crippen molar-refractivity contribution in [1.82, 2.24) is 29.3 Å². The van der Waals surface area contributed by atoms with Crippen LogP contribution in [0.1, 0.15) is 62.4 Å².